The Hall–Kier alpha value is 3.74. The fourth-order valence-corrected chi connectivity index (χ4v) is 0.841. The van der Waals surface area contributed by atoms with Crippen LogP contribution in [0.2, 0.25) is 0 Å². The molecule has 53 valence electrons. The predicted octanol–water partition coefficient (Wildman–Crippen LogP) is 2.02. The Kier molecular flexibility index (Phi) is 43.5. The van der Waals surface area contributed by atoms with E-state index in [-0.39, 0.29) is 98.1 Å². The first-order chi connectivity index (χ1) is 3.27. The molecule has 0 spiro atoms. The first kappa shape index (κ1) is 23.5. The average Bonchev–Trinajstić information content (AvgIpc) is 1.61. The smallest absolute Gasteiger partial charge is 0.0526 e. The van der Waals surface area contributed by atoms with Gasteiger partial charge in [-0.2, -0.15) is 0 Å². The van der Waals surface area contributed by atoms with Crippen molar-refractivity contribution in [3.8, 4) is 0 Å². The zero-order chi connectivity index (χ0) is 5.70. The van der Waals surface area contributed by atoms with Crippen LogP contribution in [-0.4, -0.2) is 6.16 Å². The Labute approximate surface area is 143 Å². The summed E-state index contributed by atoms with van der Waals surface area (Å²) >= 11 is 0. The van der Waals surface area contributed by atoms with Gasteiger partial charge in [-0.15, -0.1) is 0 Å². The maximum atomic E-state index is 2.28. The van der Waals surface area contributed by atoms with Gasteiger partial charge in [0, 0.05) is 98.1 Å². The van der Waals surface area contributed by atoms with Gasteiger partial charge in [-0.3, -0.25) is 0 Å². The minimum absolute atomic E-state index is 0. The molecular formula is C6H16PY3+. The summed E-state index contributed by atoms with van der Waals surface area (Å²) in [4.78, 5) is 0. The Morgan fingerprint density at radius 3 is 1.60 bits per heavy atom. The predicted molar refractivity (Wildman–Crippen MR) is 40.0 cm³/mol. The summed E-state index contributed by atoms with van der Waals surface area (Å²) in [5, 5.41) is 0. The molecule has 0 aromatic carbocycles. The van der Waals surface area contributed by atoms with Crippen molar-refractivity contribution in [3.05, 3.63) is 0 Å². The first-order valence-corrected chi connectivity index (χ1v) is 4.06. The second-order valence-corrected chi connectivity index (χ2v) is 3.10. The molecule has 1 atom stereocenters. The van der Waals surface area contributed by atoms with Crippen molar-refractivity contribution < 1.29 is 98.1 Å². The van der Waals surface area contributed by atoms with Crippen LogP contribution >= 0.6 is 9.24 Å². The number of hydrogen-bond donors (Lipinski definition) is 0. The molecule has 0 aliphatic rings. The van der Waals surface area contributed by atoms with Gasteiger partial charge in [0.25, 0.3) is 0 Å². The van der Waals surface area contributed by atoms with E-state index in [0.717, 1.165) is 5.92 Å². The van der Waals surface area contributed by atoms with E-state index in [0.29, 0.717) is 0 Å². The van der Waals surface area contributed by atoms with Crippen molar-refractivity contribution in [1.82, 2.24) is 0 Å². The van der Waals surface area contributed by atoms with E-state index < -0.39 is 0 Å². The van der Waals surface area contributed by atoms with E-state index in [4.69, 9.17) is 0 Å². The fraction of sp³-hybridized carbons (Fsp3) is 1.00. The standard InChI is InChI=1S/C6H15P.3Y/c1-6(2)4-3-5-7;;;/h6H,3-5,7H2,1-2H3;;;/p+1. The zero-order valence-electron chi connectivity index (χ0n) is 7.14. The molecule has 0 bridgehead atoms. The number of hydrogen-bond acceptors (Lipinski definition) is 0. The third kappa shape index (κ3) is 22.6. The second-order valence-electron chi connectivity index (χ2n) is 2.39. The molecule has 0 rings (SSSR count). The summed E-state index contributed by atoms with van der Waals surface area (Å²) in [6.07, 6.45) is 4.19. The Bertz CT molecular complexity index is 42.0. The monoisotopic (exact) mass is 386 g/mol. The number of rotatable bonds is 3. The summed E-state index contributed by atoms with van der Waals surface area (Å²) in [5.74, 6) is 0.907. The van der Waals surface area contributed by atoms with Crippen LogP contribution in [0, 0.1) is 5.92 Å². The second kappa shape index (κ2) is 18.5. The van der Waals surface area contributed by atoms with Crippen LogP contribution in [0.25, 0.3) is 0 Å². The Morgan fingerprint density at radius 1 is 1.10 bits per heavy atom. The molecule has 0 nitrogen and oxygen atoms in total. The third-order valence-corrected chi connectivity index (χ3v) is 1.53. The van der Waals surface area contributed by atoms with Gasteiger partial charge in [0.15, 0.2) is 0 Å². The maximum absolute atomic E-state index is 2.28. The van der Waals surface area contributed by atoms with Crippen molar-refractivity contribution in [3.63, 3.8) is 0 Å². The molecule has 10 heavy (non-hydrogen) atoms. The van der Waals surface area contributed by atoms with Crippen molar-refractivity contribution >= 4 is 9.24 Å². The minimum atomic E-state index is 0. The molecule has 0 aromatic rings. The largest absolute Gasteiger partial charge is 0.0628 e. The topological polar surface area (TPSA) is 0 Å². The summed E-state index contributed by atoms with van der Waals surface area (Å²) in [7, 11) is 2.07. The Morgan fingerprint density at radius 2 is 1.50 bits per heavy atom. The quantitative estimate of drug-likeness (QED) is 0.652. The molecule has 0 aliphatic heterocycles. The summed E-state index contributed by atoms with van der Waals surface area (Å²) in [5.41, 5.74) is 0. The fourth-order valence-electron chi connectivity index (χ4n) is 0.553. The van der Waals surface area contributed by atoms with Gasteiger partial charge in [0.1, 0.15) is 0 Å². The van der Waals surface area contributed by atoms with Gasteiger partial charge in [-0.05, 0) is 28.0 Å². The Balaban J connectivity index is -0.0000000600. The summed E-state index contributed by atoms with van der Waals surface area (Å²) in [6, 6.07) is 0. The van der Waals surface area contributed by atoms with E-state index >= 15 is 0 Å². The van der Waals surface area contributed by atoms with Gasteiger partial charge in [-0.1, -0.05) is 13.8 Å². The molecule has 0 saturated heterocycles. The molecule has 0 fully saturated rings. The van der Waals surface area contributed by atoms with Crippen LogP contribution in [-0.2, 0) is 98.1 Å². The van der Waals surface area contributed by atoms with Gasteiger partial charge < -0.3 is 0 Å². The normalized spacial score (nSPS) is 7.50. The summed E-state index contributed by atoms with van der Waals surface area (Å²) < 4.78 is 0. The molecule has 0 N–H and O–H groups in total. The van der Waals surface area contributed by atoms with E-state index in [1.807, 2.05) is 0 Å². The average molecular weight is 386 g/mol. The molecular weight excluding hydrogens is 370 g/mol. The molecule has 0 saturated carbocycles. The third-order valence-electron chi connectivity index (χ3n) is 1.03. The first-order valence-electron chi connectivity index (χ1n) is 3.06. The van der Waals surface area contributed by atoms with Gasteiger partial charge in [0.05, 0.1) is 6.16 Å². The van der Waals surface area contributed by atoms with E-state index in [9.17, 15) is 0 Å². The van der Waals surface area contributed by atoms with Gasteiger partial charge >= 0.3 is 0 Å². The SMILES string of the molecule is CC(C)CCC[PH3+].[Y].[Y].[Y]. The molecule has 0 amide bonds. The van der Waals surface area contributed by atoms with Crippen molar-refractivity contribution in [2.24, 2.45) is 5.92 Å². The van der Waals surface area contributed by atoms with E-state index in [1.165, 1.54) is 19.0 Å². The molecule has 1 unspecified atom stereocenters. The van der Waals surface area contributed by atoms with E-state index in [1.54, 1.807) is 0 Å². The minimum Gasteiger partial charge on any atom is -0.0628 e. The van der Waals surface area contributed by atoms with Crippen LogP contribution in [0.1, 0.15) is 26.7 Å². The van der Waals surface area contributed by atoms with E-state index in [2.05, 4.69) is 23.1 Å². The molecule has 4 heteroatoms. The summed E-state index contributed by atoms with van der Waals surface area (Å²) in [6.45, 7) is 4.55. The van der Waals surface area contributed by atoms with Crippen molar-refractivity contribution in [2.75, 3.05) is 6.16 Å². The van der Waals surface area contributed by atoms with Crippen molar-refractivity contribution in [2.45, 2.75) is 26.7 Å². The molecule has 0 heterocycles. The molecule has 0 aromatic heterocycles. The zero-order valence-corrected chi connectivity index (χ0v) is 17.1. The molecule has 3 radical (unpaired) electrons. The van der Waals surface area contributed by atoms with Crippen LogP contribution < -0.4 is 0 Å². The van der Waals surface area contributed by atoms with Crippen molar-refractivity contribution in [1.29, 1.82) is 0 Å². The maximum Gasteiger partial charge on any atom is 0.0526 e. The van der Waals surface area contributed by atoms with Crippen LogP contribution in [0.3, 0.4) is 0 Å². The molecule has 0 aliphatic carbocycles. The van der Waals surface area contributed by atoms with Crippen LogP contribution in [0.4, 0.5) is 0 Å². The van der Waals surface area contributed by atoms with Crippen LogP contribution in [0.5, 0.6) is 0 Å². The van der Waals surface area contributed by atoms with Gasteiger partial charge in [-0.25, -0.2) is 0 Å². The van der Waals surface area contributed by atoms with Gasteiger partial charge in [0.2, 0.25) is 0 Å². The van der Waals surface area contributed by atoms with Crippen LogP contribution in [0.15, 0.2) is 0 Å².